The summed E-state index contributed by atoms with van der Waals surface area (Å²) in [5, 5.41) is 10.8. The van der Waals surface area contributed by atoms with E-state index < -0.39 is 5.97 Å². The molecule has 94 valence electrons. The molecule has 3 nitrogen and oxygen atoms in total. The van der Waals surface area contributed by atoms with E-state index in [4.69, 9.17) is 11.6 Å². The number of carbonyl (C=O) groups is 1. The summed E-state index contributed by atoms with van der Waals surface area (Å²) in [5.41, 5.74) is 0.874. The minimum Gasteiger partial charge on any atom is -0.481 e. The van der Waals surface area contributed by atoms with Crippen molar-refractivity contribution in [1.82, 2.24) is 4.98 Å². The number of nitrogens with zero attached hydrogens (tertiary/aromatic N) is 1. The van der Waals surface area contributed by atoms with Crippen molar-refractivity contribution in [2.75, 3.05) is 0 Å². The Morgan fingerprint density at radius 1 is 1.44 bits per heavy atom. The van der Waals surface area contributed by atoms with E-state index in [-0.39, 0.29) is 11.8 Å². The Bertz CT molecular complexity index is 610. The lowest BCUT2D eigenvalue weighted by atomic mass is 9.97. The van der Waals surface area contributed by atoms with E-state index >= 15 is 0 Å². The molecule has 0 saturated heterocycles. The van der Waals surface area contributed by atoms with E-state index in [1.807, 2.05) is 18.2 Å². The smallest absolute Gasteiger partial charge is 0.307 e. The van der Waals surface area contributed by atoms with Gasteiger partial charge < -0.3 is 5.11 Å². The van der Waals surface area contributed by atoms with Gasteiger partial charge in [0.1, 0.15) is 0 Å². The molecule has 0 bridgehead atoms. The first-order valence-electron chi connectivity index (χ1n) is 5.94. The van der Waals surface area contributed by atoms with Gasteiger partial charge in [0, 0.05) is 10.9 Å². The van der Waals surface area contributed by atoms with Crippen molar-refractivity contribution in [3.05, 3.63) is 28.2 Å². The van der Waals surface area contributed by atoms with Crippen molar-refractivity contribution in [3.8, 4) is 0 Å². The van der Waals surface area contributed by atoms with Gasteiger partial charge in [0.15, 0.2) is 0 Å². The van der Waals surface area contributed by atoms with Gasteiger partial charge in [0.25, 0.3) is 0 Å². The number of hydrogen-bond acceptors (Lipinski definition) is 3. The third-order valence-electron chi connectivity index (χ3n) is 3.52. The molecule has 2 unspecified atom stereocenters. The Morgan fingerprint density at radius 3 is 3.06 bits per heavy atom. The number of benzene rings is 1. The molecule has 1 aliphatic rings. The second kappa shape index (κ2) is 4.52. The van der Waals surface area contributed by atoms with E-state index in [0.29, 0.717) is 5.02 Å². The number of carboxylic acids is 1. The molecule has 18 heavy (non-hydrogen) atoms. The molecular formula is C13H12ClNO2S. The van der Waals surface area contributed by atoms with E-state index in [1.165, 1.54) is 0 Å². The zero-order valence-electron chi connectivity index (χ0n) is 9.60. The molecule has 3 rings (SSSR count). The number of fused-ring (bicyclic) bond motifs is 1. The summed E-state index contributed by atoms with van der Waals surface area (Å²) in [7, 11) is 0. The van der Waals surface area contributed by atoms with Gasteiger partial charge in [-0.2, -0.15) is 0 Å². The van der Waals surface area contributed by atoms with Gasteiger partial charge in [-0.05, 0) is 31.0 Å². The number of aliphatic carboxylic acids is 1. The van der Waals surface area contributed by atoms with E-state index in [1.54, 1.807) is 11.3 Å². The first-order valence-corrected chi connectivity index (χ1v) is 7.13. The minimum absolute atomic E-state index is 0.0682. The molecule has 1 heterocycles. The summed E-state index contributed by atoms with van der Waals surface area (Å²) in [4.78, 5) is 15.8. The van der Waals surface area contributed by atoms with Crippen molar-refractivity contribution < 1.29 is 9.90 Å². The highest BCUT2D eigenvalue weighted by atomic mass is 35.5. The SMILES string of the molecule is O=C(O)C1CCCC1c1nc2cc(Cl)ccc2s1. The fraction of sp³-hybridized carbons (Fsp3) is 0.385. The highest BCUT2D eigenvalue weighted by Gasteiger charge is 2.35. The maximum atomic E-state index is 11.2. The highest BCUT2D eigenvalue weighted by Crippen LogP contribution is 2.42. The molecule has 0 radical (unpaired) electrons. The predicted molar refractivity (Wildman–Crippen MR) is 72.3 cm³/mol. The van der Waals surface area contributed by atoms with Gasteiger partial charge in [-0.15, -0.1) is 11.3 Å². The number of aromatic nitrogens is 1. The molecule has 0 amide bonds. The van der Waals surface area contributed by atoms with E-state index in [2.05, 4.69) is 4.98 Å². The minimum atomic E-state index is -0.699. The molecule has 1 N–H and O–H groups in total. The maximum absolute atomic E-state index is 11.2. The van der Waals surface area contributed by atoms with Crippen molar-refractivity contribution in [3.63, 3.8) is 0 Å². The van der Waals surface area contributed by atoms with Gasteiger partial charge >= 0.3 is 5.97 Å². The lowest BCUT2D eigenvalue weighted by molar-refractivity contribution is -0.142. The number of rotatable bonds is 2. The van der Waals surface area contributed by atoms with Crippen molar-refractivity contribution >= 4 is 39.1 Å². The third-order valence-corrected chi connectivity index (χ3v) is 4.92. The average molecular weight is 282 g/mol. The zero-order valence-corrected chi connectivity index (χ0v) is 11.2. The molecule has 0 spiro atoms. The van der Waals surface area contributed by atoms with E-state index in [9.17, 15) is 9.90 Å². The summed E-state index contributed by atoms with van der Waals surface area (Å²) in [6.45, 7) is 0. The van der Waals surface area contributed by atoms with Crippen LogP contribution in [-0.2, 0) is 4.79 Å². The monoisotopic (exact) mass is 281 g/mol. The number of thiazole rings is 1. The molecule has 2 aromatic rings. The topological polar surface area (TPSA) is 50.2 Å². The molecule has 1 aromatic heterocycles. The van der Waals surface area contributed by atoms with Crippen LogP contribution in [0.3, 0.4) is 0 Å². The van der Waals surface area contributed by atoms with Gasteiger partial charge in [-0.1, -0.05) is 18.0 Å². The summed E-state index contributed by atoms with van der Waals surface area (Å²) in [5.74, 6) is -0.908. The first-order chi connectivity index (χ1) is 8.65. The summed E-state index contributed by atoms with van der Waals surface area (Å²) in [6.07, 6.45) is 2.65. The second-order valence-electron chi connectivity index (χ2n) is 4.65. The van der Waals surface area contributed by atoms with Gasteiger partial charge in [-0.25, -0.2) is 4.98 Å². The average Bonchev–Trinajstić information content (AvgIpc) is 2.93. The maximum Gasteiger partial charge on any atom is 0.307 e. The zero-order chi connectivity index (χ0) is 12.7. The molecule has 5 heteroatoms. The first kappa shape index (κ1) is 11.9. The Labute approximate surface area is 113 Å². The molecule has 1 aliphatic carbocycles. The fourth-order valence-corrected chi connectivity index (χ4v) is 3.94. The fourth-order valence-electron chi connectivity index (χ4n) is 2.63. The quantitative estimate of drug-likeness (QED) is 0.908. The van der Waals surface area contributed by atoms with Crippen LogP contribution in [0.5, 0.6) is 0 Å². The van der Waals surface area contributed by atoms with Crippen LogP contribution in [0.15, 0.2) is 18.2 Å². The van der Waals surface area contributed by atoms with Gasteiger partial charge in [-0.3, -0.25) is 4.79 Å². The molecular weight excluding hydrogens is 270 g/mol. The Kier molecular flexibility index (Phi) is 2.99. The molecule has 1 saturated carbocycles. The van der Waals surface area contributed by atoms with Crippen LogP contribution in [0.25, 0.3) is 10.2 Å². The predicted octanol–water partition coefficient (Wildman–Crippen LogP) is 3.92. The largest absolute Gasteiger partial charge is 0.481 e. The van der Waals surface area contributed by atoms with Gasteiger partial charge in [0.2, 0.25) is 0 Å². The Hall–Kier alpha value is -1.13. The molecule has 0 aliphatic heterocycles. The Morgan fingerprint density at radius 2 is 2.28 bits per heavy atom. The summed E-state index contributed by atoms with van der Waals surface area (Å²) >= 11 is 7.53. The summed E-state index contributed by atoms with van der Waals surface area (Å²) in [6, 6.07) is 5.63. The highest BCUT2D eigenvalue weighted by molar-refractivity contribution is 7.18. The van der Waals surface area contributed by atoms with Crippen LogP contribution in [0.2, 0.25) is 5.02 Å². The van der Waals surface area contributed by atoms with Crippen molar-refractivity contribution in [2.24, 2.45) is 5.92 Å². The molecule has 1 fully saturated rings. The third kappa shape index (κ3) is 1.99. The molecule has 2 atom stereocenters. The normalized spacial score (nSPS) is 23.6. The van der Waals surface area contributed by atoms with Crippen LogP contribution in [-0.4, -0.2) is 16.1 Å². The lowest BCUT2D eigenvalue weighted by Gasteiger charge is -2.11. The number of hydrogen-bond donors (Lipinski definition) is 1. The van der Waals surface area contributed by atoms with Crippen LogP contribution < -0.4 is 0 Å². The number of halogens is 1. The molecule has 1 aromatic carbocycles. The van der Waals surface area contributed by atoms with Crippen LogP contribution >= 0.6 is 22.9 Å². The van der Waals surface area contributed by atoms with E-state index in [0.717, 1.165) is 34.5 Å². The summed E-state index contributed by atoms with van der Waals surface area (Å²) < 4.78 is 1.07. The number of carboxylic acid groups (broad SMARTS) is 1. The van der Waals surface area contributed by atoms with Crippen molar-refractivity contribution in [1.29, 1.82) is 0 Å². The van der Waals surface area contributed by atoms with Crippen LogP contribution in [0, 0.1) is 5.92 Å². The lowest BCUT2D eigenvalue weighted by Crippen LogP contribution is -2.16. The standard InChI is InChI=1S/C13H12ClNO2S/c14-7-4-5-11-10(6-7)15-12(18-11)8-2-1-3-9(8)13(16)17/h4-6,8-9H,1-3H2,(H,16,17). The Balaban J connectivity index is 2.01. The van der Waals surface area contributed by atoms with Crippen LogP contribution in [0.4, 0.5) is 0 Å². The second-order valence-corrected chi connectivity index (χ2v) is 6.14. The van der Waals surface area contributed by atoms with Gasteiger partial charge in [0.05, 0.1) is 21.1 Å². The van der Waals surface area contributed by atoms with Crippen LogP contribution in [0.1, 0.15) is 30.2 Å². The van der Waals surface area contributed by atoms with Crippen molar-refractivity contribution in [2.45, 2.75) is 25.2 Å².